The van der Waals surface area contributed by atoms with E-state index in [9.17, 15) is 19.0 Å². The second-order valence-corrected chi connectivity index (χ2v) is 23.8. The maximum Gasteiger partial charge on any atom is 0.306 e. The van der Waals surface area contributed by atoms with Gasteiger partial charge in [-0.1, -0.05) is 279 Å². The Morgan fingerprint density at radius 3 is 1.10 bits per heavy atom. The van der Waals surface area contributed by atoms with Gasteiger partial charge in [0, 0.05) is 12.8 Å². The SMILES string of the molecule is CC/C=C\C/C=C\C/C=C\C/C=C\C/C=C\C/C=C\C/C=C\CCCCCCCCCC(=O)OC(COC(=O)CCCCCCCCCCCCCCCCCCCCCCCCCC)COP(=O)([O-])OCC[N+](C)(C)C. The van der Waals surface area contributed by atoms with E-state index in [2.05, 4.69) is 98.9 Å². The van der Waals surface area contributed by atoms with Crippen LogP contribution in [0.3, 0.4) is 0 Å². The summed E-state index contributed by atoms with van der Waals surface area (Å²) in [5.74, 6) is -0.839. The molecule has 0 aliphatic rings. The van der Waals surface area contributed by atoms with E-state index in [1.807, 2.05) is 21.1 Å². The summed E-state index contributed by atoms with van der Waals surface area (Å²) in [5, 5.41) is 0. The lowest BCUT2D eigenvalue weighted by Gasteiger charge is -2.28. The largest absolute Gasteiger partial charge is 0.756 e. The molecule has 10 heteroatoms. The fourth-order valence-electron chi connectivity index (χ4n) is 8.81. The number of carbonyl (C=O) groups excluding carboxylic acids is 2. The van der Waals surface area contributed by atoms with E-state index in [1.165, 1.54) is 154 Å². The molecule has 0 aliphatic carbocycles. The first kappa shape index (κ1) is 74.2. The molecule has 77 heavy (non-hydrogen) atoms. The predicted octanol–water partition coefficient (Wildman–Crippen LogP) is 19.6. The van der Waals surface area contributed by atoms with E-state index in [4.69, 9.17) is 18.5 Å². The second-order valence-electron chi connectivity index (χ2n) is 22.4. The maximum atomic E-state index is 12.8. The minimum atomic E-state index is -4.65. The van der Waals surface area contributed by atoms with Crippen molar-refractivity contribution < 1.29 is 42.1 Å². The Morgan fingerprint density at radius 1 is 0.416 bits per heavy atom. The molecule has 2 atom stereocenters. The standard InChI is InChI=1S/C67H120NO8P/c1-6-8-10-12-14-16-18-20-22-24-26-28-30-32-33-34-35-36-38-40-42-44-46-48-50-52-54-56-58-60-67(70)76-65(64-75-77(71,72)74-62-61-68(3,4)5)63-73-66(69)59-57-55-53-51-49-47-45-43-41-39-37-31-29-27-25-23-21-19-17-15-13-11-9-7-2/h8,10,14,16,20,22,26,28,32-33,35-36,40,42,65H,6-7,9,11-13,15,17-19,21,23-25,27,29-31,34,37-39,41,43-64H2,1-5H3/b10-8-,16-14-,22-20-,28-26-,33-32-,36-35-,42-40-. The Balaban J connectivity index is 4.15. The lowest BCUT2D eigenvalue weighted by molar-refractivity contribution is -0.870. The molecule has 0 spiro atoms. The number of hydrogen-bond acceptors (Lipinski definition) is 8. The zero-order chi connectivity index (χ0) is 56.3. The van der Waals surface area contributed by atoms with Crippen molar-refractivity contribution in [2.45, 2.75) is 283 Å². The molecule has 0 saturated heterocycles. The van der Waals surface area contributed by atoms with Gasteiger partial charge in [0.2, 0.25) is 0 Å². The number of phosphoric ester groups is 1. The molecule has 2 unspecified atom stereocenters. The molecule has 0 aromatic heterocycles. The summed E-state index contributed by atoms with van der Waals surface area (Å²) in [6.45, 7) is 4.14. The number of phosphoric acid groups is 1. The highest BCUT2D eigenvalue weighted by Crippen LogP contribution is 2.38. The molecule has 0 radical (unpaired) electrons. The average Bonchev–Trinajstić information content (AvgIpc) is 3.39. The first-order valence-corrected chi connectivity index (χ1v) is 33.3. The van der Waals surface area contributed by atoms with Gasteiger partial charge in [-0.25, -0.2) is 0 Å². The van der Waals surface area contributed by atoms with E-state index < -0.39 is 26.5 Å². The normalized spacial score (nSPS) is 13.8. The van der Waals surface area contributed by atoms with E-state index in [0.717, 1.165) is 89.9 Å². The van der Waals surface area contributed by atoms with E-state index in [-0.39, 0.29) is 32.0 Å². The van der Waals surface area contributed by atoms with Crippen molar-refractivity contribution in [3.63, 3.8) is 0 Å². The van der Waals surface area contributed by atoms with Gasteiger partial charge in [-0.2, -0.15) is 0 Å². The highest BCUT2D eigenvalue weighted by atomic mass is 31.2. The van der Waals surface area contributed by atoms with Gasteiger partial charge in [-0.3, -0.25) is 14.2 Å². The summed E-state index contributed by atoms with van der Waals surface area (Å²) >= 11 is 0. The van der Waals surface area contributed by atoms with Gasteiger partial charge in [0.15, 0.2) is 6.10 Å². The fraction of sp³-hybridized carbons (Fsp3) is 0.761. The summed E-state index contributed by atoms with van der Waals surface area (Å²) in [5.41, 5.74) is 0. The number of ether oxygens (including phenoxy) is 2. The fourth-order valence-corrected chi connectivity index (χ4v) is 9.54. The molecule has 0 fully saturated rings. The van der Waals surface area contributed by atoms with E-state index >= 15 is 0 Å². The van der Waals surface area contributed by atoms with Crippen LogP contribution in [0.2, 0.25) is 0 Å². The lowest BCUT2D eigenvalue weighted by Crippen LogP contribution is -2.37. The molecular weight excluding hydrogens is 978 g/mol. The maximum absolute atomic E-state index is 12.8. The van der Waals surface area contributed by atoms with Crippen LogP contribution in [0.15, 0.2) is 85.1 Å². The van der Waals surface area contributed by atoms with E-state index in [1.54, 1.807) is 0 Å². The van der Waals surface area contributed by atoms with Crippen LogP contribution in [0, 0.1) is 0 Å². The number of likely N-dealkylation sites (N-methyl/N-ethyl adjacent to an activating group) is 1. The summed E-state index contributed by atoms with van der Waals surface area (Å²) in [6, 6.07) is 0. The summed E-state index contributed by atoms with van der Waals surface area (Å²) < 4.78 is 34.2. The number of rotatable bonds is 58. The van der Waals surface area contributed by atoms with Crippen molar-refractivity contribution in [3.8, 4) is 0 Å². The first-order chi connectivity index (χ1) is 37.5. The molecule has 0 rings (SSSR count). The molecule has 9 nitrogen and oxygen atoms in total. The number of unbranched alkanes of at least 4 members (excludes halogenated alkanes) is 30. The predicted molar refractivity (Wildman–Crippen MR) is 328 cm³/mol. The summed E-state index contributed by atoms with van der Waals surface area (Å²) in [6.07, 6.45) is 77.8. The number of carbonyl (C=O) groups is 2. The van der Waals surface area contributed by atoms with Crippen LogP contribution in [0.25, 0.3) is 0 Å². The Morgan fingerprint density at radius 2 is 0.740 bits per heavy atom. The Labute approximate surface area is 475 Å². The van der Waals surface area contributed by atoms with Gasteiger partial charge in [-0.05, 0) is 70.6 Å². The number of nitrogens with zero attached hydrogens (tertiary/aromatic N) is 1. The minimum absolute atomic E-state index is 0.0356. The summed E-state index contributed by atoms with van der Waals surface area (Å²) in [4.78, 5) is 38.0. The van der Waals surface area contributed by atoms with Crippen LogP contribution in [0.1, 0.15) is 277 Å². The zero-order valence-corrected chi connectivity index (χ0v) is 51.5. The molecule has 0 N–H and O–H groups in total. The third kappa shape index (κ3) is 62.3. The molecule has 0 aromatic rings. The van der Waals surface area contributed by atoms with Crippen LogP contribution in [-0.2, 0) is 32.7 Å². The molecule has 0 heterocycles. The first-order valence-electron chi connectivity index (χ1n) is 31.8. The number of hydrogen-bond donors (Lipinski definition) is 0. The van der Waals surface area contributed by atoms with Crippen molar-refractivity contribution in [1.29, 1.82) is 0 Å². The smallest absolute Gasteiger partial charge is 0.306 e. The van der Waals surface area contributed by atoms with Crippen molar-refractivity contribution in [2.24, 2.45) is 0 Å². The van der Waals surface area contributed by atoms with Gasteiger partial charge < -0.3 is 27.9 Å². The summed E-state index contributed by atoms with van der Waals surface area (Å²) in [7, 11) is 1.16. The highest BCUT2D eigenvalue weighted by molar-refractivity contribution is 7.45. The monoisotopic (exact) mass is 1100 g/mol. The minimum Gasteiger partial charge on any atom is -0.756 e. The van der Waals surface area contributed by atoms with Gasteiger partial charge in [-0.15, -0.1) is 0 Å². The topological polar surface area (TPSA) is 111 Å². The van der Waals surface area contributed by atoms with Crippen molar-refractivity contribution in [1.82, 2.24) is 0 Å². The van der Waals surface area contributed by atoms with Crippen LogP contribution < -0.4 is 4.89 Å². The third-order valence-corrected chi connectivity index (χ3v) is 14.6. The molecular formula is C67H120NO8P. The van der Waals surface area contributed by atoms with Crippen molar-refractivity contribution in [2.75, 3.05) is 47.5 Å². The number of esters is 2. The Hall–Kier alpha value is -2.81. The molecule has 0 saturated carbocycles. The van der Waals surface area contributed by atoms with Gasteiger partial charge in [0.05, 0.1) is 27.7 Å². The quantitative estimate of drug-likeness (QED) is 0.0195. The number of allylic oxidation sites excluding steroid dienone is 14. The number of quaternary nitrogens is 1. The molecule has 446 valence electrons. The highest BCUT2D eigenvalue weighted by Gasteiger charge is 2.22. The van der Waals surface area contributed by atoms with Crippen LogP contribution >= 0.6 is 7.82 Å². The van der Waals surface area contributed by atoms with Crippen molar-refractivity contribution in [3.05, 3.63) is 85.1 Å². The van der Waals surface area contributed by atoms with Crippen LogP contribution in [-0.4, -0.2) is 70.0 Å². The third-order valence-electron chi connectivity index (χ3n) is 13.7. The van der Waals surface area contributed by atoms with Crippen LogP contribution in [0.5, 0.6) is 0 Å². The van der Waals surface area contributed by atoms with Crippen LogP contribution in [0.4, 0.5) is 0 Å². The lowest BCUT2D eigenvalue weighted by atomic mass is 10.0. The molecule has 0 aromatic carbocycles. The van der Waals surface area contributed by atoms with Gasteiger partial charge in [0.25, 0.3) is 7.82 Å². The van der Waals surface area contributed by atoms with Crippen molar-refractivity contribution >= 4 is 19.8 Å². The zero-order valence-electron chi connectivity index (χ0n) is 50.6. The van der Waals surface area contributed by atoms with Gasteiger partial charge >= 0.3 is 11.9 Å². The Bertz CT molecular complexity index is 1580. The average molecular weight is 1100 g/mol. The van der Waals surface area contributed by atoms with Gasteiger partial charge in [0.1, 0.15) is 19.8 Å². The Kier molecular flexibility index (Phi) is 55.8. The molecule has 0 aliphatic heterocycles. The second kappa shape index (κ2) is 57.9. The van der Waals surface area contributed by atoms with E-state index in [0.29, 0.717) is 17.4 Å². The molecule has 0 bridgehead atoms. The molecule has 0 amide bonds.